The predicted molar refractivity (Wildman–Crippen MR) is 101 cm³/mol. The Bertz CT molecular complexity index is 831. The van der Waals surface area contributed by atoms with Crippen LogP contribution in [0.4, 0.5) is 0 Å². The van der Waals surface area contributed by atoms with Gasteiger partial charge < -0.3 is 20.1 Å². The highest BCUT2D eigenvalue weighted by molar-refractivity contribution is 7.91. The van der Waals surface area contributed by atoms with Crippen LogP contribution in [0.1, 0.15) is 46.1 Å². The zero-order chi connectivity index (χ0) is 19.6. The highest BCUT2D eigenvalue weighted by Gasteiger charge is 2.32. The largest absolute Gasteiger partial charge is 0.348 e. The summed E-state index contributed by atoms with van der Waals surface area (Å²) in [6.45, 7) is 1.86. The molecule has 1 fully saturated rings. The Balaban J connectivity index is 1.76. The molecule has 1 saturated heterocycles. The van der Waals surface area contributed by atoms with Crippen LogP contribution in [0.2, 0.25) is 0 Å². The summed E-state index contributed by atoms with van der Waals surface area (Å²) in [5.41, 5.74) is 1.01. The topological polar surface area (TPSA) is 113 Å². The summed E-state index contributed by atoms with van der Waals surface area (Å²) in [4.78, 5) is 31.6. The number of sulfone groups is 1. The molecular formula is C17H27N5O4S. The van der Waals surface area contributed by atoms with Gasteiger partial charge in [0.2, 0.25) is 0 Å². The van der Waals surface area contributed by atoms with Crippen LogP contribution in [0.5, 0.6) is 0 Å². The van der Waals surface area contributed by atoms with Gasteiger partial charge in [0.25, 0.3) is 11.8 Å². The number of hydrogen-bond acceptors (Lipinski definition) is 6. The molecule has 0 bridgehead atoms. The lowest BCUT2D eigenvalue weighted by atomic mass is 10.1. The van der Waals surface area contributed by atoms with E-state index in [-0.39, 0.29) is 35.0 Å². The zero-order valence-electron chi connectivity index (χ0n) is 15.8. The number of carbonyl (C=O) groups is 2. The van der Waals surface area contributed by atoms with Gasteiger partial charge in [-0.25, -0.2) is 13.4 Å². The minimum atomic E-state index is -3.07. The monoisotopic (exact) mass is 397 g/mol. The summed E-state index contributed by atoms with van der Waals surface area (Å²) in [6, 6.07) is -0.388. The number of likely N-dealkylation sites (N-methyl/N-ethyl adjacent to an activating group) is 1. The Kier molecular flexibility index (Phi) is 5.85. The van der Waals surface area contributed by atoms with Gasteiger partial charge in [0.1, 0.15) is 5.69 Å². The molecule has 10 heteroatoms. The highest BCUT2D eigenvalue weighted by Crippen LogP contribution is 2.22. The maximum Gasteiger partial charge on any atom is 0.287 e. The number of hydrogen-bond donors (Lipinski definition) is 2. The van der Waals surface area contributed by atoms with E-state index in [1.165, 1.54) is 0 Å². The summed E-state index contributed by atoms with van der Waals surface area (Å²) in [6.07, 6.45) is 2.97. The van der Waals surface area contributed by atoms with Crippen molar-refractivity contribution in [2.24, 2.45) is 0 Å². The van der Waals surface area contributed by atoms with E-state index in [4.69, 9.17) is 0 Å². The third-order valence-corrected chi connectivity index (χ3v) is 6.72. The first-order valence-electron chi connectivity index (χ1n) is 9.30. The number of amides is 2. The van der Waals surface area contributed by atoms with Crippen LogP contribution in [0.15, 0.2) is 0 Å². The molecule has 150 valence electrons. The van der Waals surface area contributed by atoms with Gasteiger partial charge in [-0.3, -0.25) is 9.59 Å². The molecule has 2 aliphatic heterocycles. The molecule has 1 atom stereocenters. The molecule has 2 aliphatic rings. The smallest absolute Gasteiger partial charge is 0.287 e. The first-order valence-corrected chi connectivity index (χ1v) is 11.1. The minimum Gasteiger partial charge on any atom is -0.348 e. The molecule has 3 rings (SSSR count). The summed E-state index contributed by atoms with van der Waals surface area (Å²) in [7, 11) is 0.777. The first kappa shape index (κ1) is 19.8. The van der Waals surface area contributed by atoms with E-state index in [0.29, 0.717) is 32.5 Å². The van der Waals surface area contributed by atoms with E-state index in [2.05, 4.69) is 15.6 Å². The Morgan fingerprint density at radius 1 is 1.26 bits per heavy atom. The van der Waals surface area contributed by atoms with Gasteiger partial charge in [0, 0.05) is 25.7 Å². The average molecular weight is 398 g/mol. The van der Waals surface area contributed by atoms with Gasteiger partial charge in [-0.15, -0.1) is 0 Å². The molecule has 0 radical (unpaired) electrons. The van der Waals surface area contributed by atoms with Crippen molar-refractivity contribution >= 4 is 21.7 Å². The number of nitrogens with one attached hydrogen (secondary N) is 2. The standard InChI is InChI=1S/C17H27N5O4S/c1-21(2)9-7-18-17(24)15-20-14(13-5-3-4-8-22(13)15)16(23)19-12-6-10-27(25,26)11-12/h12H,3-11H2,1-2H3,(H,18,24)(H,19,23). The molecule has 1 aromatic heterocycles. The van der Waals surface area contributed by atoms with Crippen molar-refractivity contribution in [1.29, 1.82) is 0 Å². The number of nitrogens with zero attached hydrogens (tertiary/aromatic N) is 3. The van der Waals surface area contributed by atoms with E-state index in [1.54, 1.807) is 0 Å². The van der Waals surface area contributed by atoms with E-state index in [1.807, 2.05) is 23.6 Å². The van der Waals surface area contributed by atoms with Crippen LogP contribution in [0, 0.1) is 0 Å². The first-order chi connectivity index (χ1) is 12.8. The minimum absolute atomic E-state index is 0.0351. The van der Waals surface area contributed by atoms with Crippen LogP contribution in [-0.2, 0) is 22.8 Å². The molecule has 1 aromatic rings. The van der Waals surface area contributed by atoms with Gasteiger partial charge >= 0.3 is 0 Å². The van der Waals surface area contributed by atoms with Crippen molar-refractivity contribution in [3.8, 4) is 0 Å². The summed E-state index contributed by atoms with van der Waals surface area (Å²) < 4.78 is 25.0. The average Bonchev–Trinajstić information content (AvgIpc) is 3.14. The third kappa shape index (κ3) is 4.67. The highest BCUT2D eigenvalue weighted by atomic mass is 32.2. The Hall–Kier alpha value is -1.94. The van der Waals surface area contributed by atoms with Gasteiger partial charge in [-0.05, 0) is 39.8 Å². The van der Waals surface area contributed by atoms with E-state index >= 15 is 0 Å². The van der Waals surface area contributed by atoms with Crippen LogP contribution in [0.25, 0.3) is 0 Å². The van der Waals surface area contributed by atoms with Crippen molar-refractivity contribution < 1.29 is 18.0 Å². The van der Waals surface area contributed by atoms with Crippen LogP contribution in [-0.4, -0.2) is 79.4 Å². The lowest BCUT2D eigenvalue weighted by molar-refractivity contribution is 0.0933. The number of fused-ring (bicyclic) bond motifs is 1. The Labute approximate surface area is 159 Å². The third-order valence-electron chi connectivity index (χ3n) is 4.95. The molecule has 27 heavy (non-hydrogen) atoms. The molecule has 0 saturated carbocycles. The Morgan fingerprint density at radius 2 is 2.04 bits per heavy atom. The van der Waals surface area contributed by atoms with Crippen LogP contribution in [0.3, 0.4) is 0 Å². The van der Waals surface area contributed by atoms with Crippen molar-refractivity contribution in [3.63, 3.8) is 0 Å². The second kappa shape index (κ2) is 7.97. The predicted octanol–water partition coefficient (Wildman–Crippen LogP) is -0.572. The normalized spacial score (nSPS) is 21.1. The molecule has 1 unspecified atom stereocenters. The SMILES string of the molecule is CN(C)CCNC(=O)c1nc(C(=O)NC2CCS(=O)(=O)C2)c2n1CCCC2. The van der Waals surface area contributed by atoms with E-state index < -0.39 is 15.7 Å². The molecule has 2 N–H and O–H groups in total. The van der Waals surface area contributed by atoms with Gasteiger partial charge in [-0.2, -0.15) is 0 Å². The van der Waals surface area contributed by atoms with Gasteiger partial charge in [-0.1, -0.05) is 0 Å². The fraction of sp³-hybridized carbons (Fsp3) is 0.706. The Morgan fingerprint density at radius 3 is 2.70 bits per heavy atom. The molecule has 0 spiro atoms. The molecule has 9 nitrogen and oxygen atoms in total. The lowest BCUT2D eigenvalue weighted by Gasteiger charge is -2.17. The quantitative estimate of drug-likeness (QED) is 0.664. The molecular weight excluding hydrogens is 370 g/mol. The summed E-state index contributed by atoms with van der Waals surface area (Å²) >= 11 is 0. The van der Waals surface area contributed by atoms with Crippen LogP contribution < -0.4 is 10.6 Å². The number of rotatable bonds is 6. The van der Waals surface area contributed by atoms with Crippen LogP contribution >= 0.6 is 0 Å². The maximum atomic E-state index is 12.7. The second-order valence-electron chi connectivity index (χ2n) is 7.47. The van der Waals surface area contributed by atoms with Gasteiger partial charge in [0.15, 0.2) is 15.7 Å². The molecule has 0 aromatic carbocycles. The number of carbonyl (C=O) groups excluding carboxylic acids is 2. The second-order valence-corrected chi connectivity index (χ2v) is 9.70. The maximum absolute atomic E-state index is 12.7. The fourth-order valence-electron chi connectivity index (χ4n) is 3.53. The molecule has 0 aliphatic carbocycles. The van der Waals surface area contributed by atoms with Crippen molar-refractivity contribution in [2.45, 2.75) is 38.3 Å². The molecule has 2 amide bonds. The van der Waals surface area contributed by atoms with E-state index in [9.17, 15) is 18.0 Å². The van der Waals surface area contributed by atoms with E-state index in [0.717, 1.165) is 18.5 Å². The number of aromatic nitrogens is 2. The summed E-state index contributed by atoms with van der Waals surface area (Å²) in [5.74, 6) is -0.365. The fourth-order valence-corrected chi connectivity index (χ4v) is 5.21. The van der Waals surface area contributed by atoms with Crippen molar-refractivity contribution in [3.05, 3.63) is 17.2 Å². The lowest BCUT2D eigenvalue weighted by Crippen LogP contribution is -2.36. The van der Waals surface area contributed by atoms with Crippen molar-refractivity contribution in [1.82, 2.24) is 25.1 Å². The molecule has 3 heterocycles. The summed E-state index contributed by atoms with van der Waals surface area (Å²) in [5, 5.41) is 5.62. The zero-order valence-corrected chi connectivity index (χ0v) is 16.6. The van der Waals surface area contributed by atoms with Gasteiger partial charge in [0.05, 0.1) is 17.2 Å². The number of imidazole rings is 1. The van der Waals surface area contributed by atoms with Crippen molar-refractivity contribution in [2.75, 3.05) is 38.7 Å².